The van der Waals surface area contributed by atoms with Crippen LogP contribution in [0.2, 0.25) is 0 Å². The highest BCUT2D eigenvalue weighted by atomic mass is 19.1. The minimum atomic E-state index is -0.457. The van der Waals surface area contributed by atoms with Crippen molar-refractivity contribution in [3.63, 3.8) is 0 Å². The van der Waals surface area contributed by atoms with Crippen LogP contribution in [0.25, 0.3) is 6.08 Å². The molecule has 0 aromatic carbocycles. The third-order valence-corrected chi connectivity index (χ3v) is 4.38. The van der Waals surface area contributed by atoms with Gasteiger partial charge in [-0.15, -0.1) is 0 Å². The summed E-state index contributed by atoms with van der Waals surface area (Å²) in [5.41, 5.74) is 0.512. The molecule has 1 saturated heterocycles. The van der Waals surface area contributed by atoms with Gasteiger partial charge in [-0.1, -0.05) is 0 Å². The average Bonchev–Trinajstić information content (AvgIpc) is 3.32. The maximum atomic E-state index is 14.3. The Balaban J connectivity index is 1.50. The number of likely N-dealkylation sites (tertiary alicyclic amines) is 1. The Kier molecular flexibility index (Phi) is 6.54. The summed E-state index contributed by atoms with van der Waals surface area (Å²) >= 11 is 0. The normalized spacial score (nSPS) is 17.5. The number of hydrogen-bond acceptors (Lipinski definition) is 6. The molecule has 1 aliphatic rings. The maximum absolute atomic E-state index is 14.3. The number of esters is 1. The second-order valence-electron chi connectivity index (χ2n) is 6.38. The Morgan fingerprint density at radius 2 is 2.37 bits per heavy atom. The van der Waals surface area contributed by atoms with Gasteiger partial charge in [-0.05, 0) is 37.1 Å². The zero-order valence-corrected chi connectivity index (χ0v) is 15.3. The highest BCUT2D eigenvalue weighted by Gasteiger charge is 2.23. The summed E-state index contributed by atoms with van der Waals surface area (Å²) in [6, 6.07) is 3.43. The van der Waals surface area contributed by atoms with Crippen molar-refractivity contribution < 1.29 is 13.9 Å². The quantitative estimate of drug-likeness (QED) is 0.565. The molecule has 0 radical (unpaired) electrons. The third-order valence-electron chi connectivity index (χ3n) is 4.38. The Hall–Kier alpha value is -2.74. The standard InChI is InChI=1S/C19H24FN5O2/c1-2-27-18(26)5-4-15-12-17(20)19(21-13-15)23-16-6-9-24(14-16)10-11-25-8-3-7-22-25/h3-5,7-8,12-13,16H,2,6,9-11,14H2,1H3,(H,21,23)/t16-/m1/s1. The van der Waals surface area contributed by atoms with E-state index >= 15 is 0 Å². The highest BCUT2D eigenvalue weighted by Crippen LogP contribution is 2.18. The van der Waals surface area contributed by atoms with Crippen molar-refractivity contribution in [3.8, 4) is 0 Å². The predicted molar refractivity (Wildman–Crippen MR) is 101 cm³/mol. The van der Waals surface area contributed by atoms with Crippen LogP contribution in [0.1, 0.15) is 18.9 Å². The van der Waals surface area contributed by atoms with Gasteiger partial charge in [0.1, 0.15) is 0 Å². The highest BCUT2D eigenvalue weighted by molar-refractivity contribution is 5.87. The first-order valence-corrected chi connectivity index (χ1v) is 9.10. The van der Waals surface area contributed by atoms with Gasteiger partial charge in [0.2, 0.25) is 0 Å². The van der Waals surface area contributed by atoms with Crippen LogP contribution in [0.5, 0.6) is 0 Å². The number of anilines is 1. The van der Waals surface area contributed by atoms with E-state index in [1.54, 1.807) is 13.1 Å². The number of rotatable bonds is 8. The predicted octanol–water partition coefficient (Wildman–Crippen LogP) is 2.18. The number of carbonyl (C=O) groups is 1. The van der Waals surface area contributed by atoms with Crippen molar-refractivity contribution in [1.82, 2.24) is 19.7 Å². The fourth-order valence-corrected chi connectivity index (χ4v) is 3.03. The van der Waals surface area contributed by atoms with E-state index in [4.69, 9.17) is 4.74 Å². The molecule has 1 N–H and O–H groups in total. The largest absolute Gasteiger partial charge is 0.463 e. The first-order chi connectivity index (χ1) is 13.1. The van der Waals surface area contributed by atoms with Crippen LogP contribution in [-0.4, -0.2) is 57.9 Å². The Bertz CT molecular complexity index is 778. The van der Waals surface area contributed by atoms with Crippen molar-refractivity contribution >= 4 is 17.9 Å². The van der Waals surface area contributed by atoms with Crippen LogP contribution < -0.4 is 5.32 Å². The van der Waals surface area contributed by atoms with Gasteiger partial charge in [-0.25, -0.2) is 14.2 Å². The number of hydrogen-bond donors (Lipinski definition) is 1. The molecule has 3 rings (SSSR count). The molecule has 0 aliphatic carbocycles. The summed E-state index contributed by atoms with van der Waals surface area (Å²) in [5, 5.41) is 7.38. The van der Waals surface area contributed by atoms with E-state index in [0.717, 1.165) is 32.6 Å². The first kappa shape index (κ1) is 19.0. The molecule has 1 fully saturated rings. The van der Waals surface area contributed by atoms with E-state index in [-0.39, 0.29) is 11.9 Å². The van der Waals surface area contributed by atoms with Gasteiger partial charge in [0.05, 0.1) is 13.2 Å². The van der Waals surface area contributed by atoms with Crippen LogP contribution >= 0.6 is 0 Å². The Morgan fingerprint density at radius 3 is 3.11 bits per heavy atom. The van der Waals surface area contributed by atoms with Gasteiger partial charge in [-0.2, -0.15) is 5.10 Å². The van der Waals surface area contributed by atoms with Crippen molar-refractivity contribution in [2.45, 2.75) is 25.9 Å². The fourth-order valence-electron chi connectivity index (χ4n) is 3.03. The molecule has 2 aromatic heterocycles. The Morgan fingerprint density at radius 1 is 1.48 bits per heavy atom. The molecule has 0 spiro atoms. The summed E-state index contributed by atoms with van der Waals surface area (Å²) < 4.78 is 21.0. The van der Waals surface area contributed by atoms with Gasteiger partial charge in [-0.3, -0.25) is 9.58 Å². The lowest BCUT2D eigenvalue weighted by molar-refractivity contribution is -0.137. The Labute approximate surface area is 157 Å². The molecule has 27 heavy (non-hydrogen) atoms. The minimum Gasteiger partial charge on any atom is -0.463 e. The van der Waals surface area contributed by atoms with Crippen LogP contribution in [0, 0.1) is 5.82 Å². The van der Waals surface area contributed by atoms with Crippen molar-refractivity contribution in [1.29, 1.82) is 0 Å². The fraction of sp³-hybridized carbons (Fsp3) is 0.421. The molecule has 0 unspecified atom stereocenters. The van der Waals surface area contributed by atoms with Crippen LogP contribution in [0.3, 0.4) is 0 Å². The molecule has 0 saturated carbocycles. The smallest absolute Gasteiger partial charge is 0.330 e. The van der Waals surface area contributed by atoms with E-state index in [1.807, 2.05) is 16.9 Å². The molecular formula is C19H24FN5O2. The monoisotopic (exact) mass is 373 g/mol. The number of pyridine rings is 1. The number of aromatic nitrogens is 3. The van der Waals surface area contributed by atoms with Crippen molar-refractivity contribution in [2.24, 2.45) is 0 Å². The molecule has 1 atom stereocenters. The van der Waals surface area contributed by atoms with Gasteiger partial charge in [0, 0.05) is 50.3 Å². The third kappa shape index (κ3) is 5.62. The molecule has 7 nitrogen and oxygen atoms in total. The minimum absolute atomic E-state index is 0.158. The number of nitrogens with one attached hydrogen (secondary N) is 1. The average molecular weight is 373 g/mol. The number of carbonyl (C=O) groups excluding carboxylic acids is 1. The van der Waals surface area contributed by atoms with Crippen molar-refractivity contribution in [2.75, 3.05) is 31.6 Å². The molecule has 144 valence electrons. The number of halogens is 1. The van der Waals surface area contributed by atoms with E-state index < -0.39 is 11.8 Å². The topological polar surface area (TPSA) is 72.3 Å². The number of ether oxygens (including phenoxy) is 1. The van der Waals surface area contributed by atoms with E-state index in [0.29, 0.717) is 12.2 Å². The SMILES string of the molecule is CCOC(=O)C=Cc1cnc(N[C@@H]2CCN(CCn3cccn3)C2)c(F)c1. The number of nitrogens with zero attached hydrogens (tertiary/aromatic N) is 4. The summed E-state index contributed by atoms with van der Waals surface area (Å²) in [6.07, 6.45) is 8.94. The van der Waals surface area contributed by atoms with Crippen LogP contribution in [0.15, 0.2) is 36.8 Å². The van der Waals surface area contributed by atoms with Crippen LogP contribution in [-0.2, 0) is 16.1 Å². The molecule has 0 amide bonds. The summed E-state index contributed by atoms with van der Waals surface area (Å²) in [6.45, 7) is 5.59. The van der Waals surface area contributed by atoms with Gasteiger partial charge in [0.15, 0.2) is 11.6 Å². The zero-order chi connectivity index (χ0) is 19.1. The van der Waals surface area contributed by atoms with Gasteiger partial charge in [0.25, 0.3) is 0 Å². The zero-order valence-electron chi connectivity index (χ0n) is 15.3. The first-order valence-electron chi connectivity index (χ1n) is 9.10. The second kappa shape index (κ2) is 9.27. The van der Waals surface area contributed by atoms with Crippen molar-refractivity contribution in [3.05, 3.63) is 48.2 Å². The van der Waals surface area contributed by atoms with E-state index in [9.17, 15) is 9.18 Å². The van der Waals surface area contributed by atoms with Gasteiger partial charge >= 0.3 is 5.97 Å². The van der Waals surface area contributed by atoms with Gasteiger partial charge < -0.3 is 10.1 Å². The second-order valence-corrected chi connectivity index (χ2v) is 6.38. The van der Waals surface area contributed by atoms with E-state index in [2.05, 4.69) is 20.3 Å². The lowest BCUT2D eigenvalue weighted by atomic mass is 10.2. The molecule has 3 heterocycles. The van der Waals surface area contributed by atoms with E-state index in [1.165, 1.54) is 24.4 Å². The molecular weight excluding hydrogens is 349 g/mol. The van der Waals surface area contributed by atoms with Crippen LogP contribution in [0.4, 0.5) is 10.2 Å². The summed E-state index contributed by atoms with van der Waals surface area (Å²) in [4.78, 5) is 17.8. The molecule has 0 bridgehead atoms. The molecule has 8 heteroatoms. The molecule has 1 aliphatic heterocycles. The summed E-state index contributed by atoms with van der Waals surface area (Å²) in [7, 11) is 0. The lowest BCUT2D eigenvalue weighted by Gasteiger charge is -2.17. The summed E-state index contributed by atoms with van der Waals surface area (Å²) in [5.74, 6) is -0.653. The maximum Gasteiger partial charge on any atom is 0.330 e. The molecule has 2 aromatic rings. The lowest BCUT2D eigenvalue weighted by Crippen LogP contribution is -2.29.